The number of rotatable bonds is 6. The smallest absolute Gasteiger partial charge is 0.268 e. The topological polar surface area (TPSA) is 82.3 Å². The summed E-state index contributed by atoms with van der Waals surface area (Å²) in [6.45, 7) is 3.19. The molecule has 0 radical (unpaired) electrons. The highest BCUT2D eigenvalue weighted by molar-refractivity contribution is 7.90. The van der Waals surface area contributed by atoms with E-state index in [0.717, 1.165) is 11.1 Å². The zero-order valence-corrected chi connectivity index (χ0v) is 14.9. The van der Waals surface area contributed by atoms with Crippen LogP contribution in [0.5, 0.6) is 0 Å². The van der Waals surface area contributed by atoms with E-state index in [0.29, 0.717) is 29.8 Å². The minimum absolute atomic E-state index is 0.252. The van der Waals surface area contributed by atoms with Gasteiger partial charge in [0.25, 0.3) is 5.89 Å². The highest BCUT2D eigenvalue weighted by Gasteiger charge is 2.16. The second kappa shape index (κ2) is 6.84. The molecule has 24 heavy (non-hydrogen) atoms. The van der Waals surface area contributed by atoms with Crippen LogP contribution < -0.4 is 0 Å². The van der Waals surface area contributed by atoms with Gasteiger partial charge in [-0.1, -0.05) is 29.4 Å². The second-order valence-corrected chi connectivity index (χ2v) is 8.10. The molecular weight excluding hydrogens is 348 g/mol. The van der Waals surface area contributed by atoms with Gasteiger partial charge in [-0.15, -0.1) is 11.3 Å². The Morgan fingerprint density at radius 1 is 1.25 bits per heavy atom. The summed E-state index contributed by atoms with van der Waals surface area (Å²) < 4.78 is 33.7. The van der Waals surface area contributed by atoms with Crippen molar-refractivity contribution in [3.63, 3.8) is 0 Å². The third-order valence-corrected chi connectivity index (χ3v) is 5.48. The van der Waals surface area contributed by atoms with Gasteiger partial charge in [0.15, 0.2) is 9.84 Å². The molecule has 0 spiro atoms. The van der Waals surface area contributed by atoms with Crippen LogP contribution in [-0.4, -0.2) is 31.4 Å². The molecule has 1 aromatic carbocycles. The molecule has 0 aliphatic rings. The van der Waals surface area contributed by atoms with Crippen molar-refractivity contribution in [1.82, 2.24) is 10.1 Å². The molecular formula is C16H16N2O4S2. The Labute approximate surface area is 144 Å². The number of benzene rings is 1. The minimum Gasteiger partial charge on any atom is -0.377 e. The van der Waals surface area contributed by atoms with Crippen LogP contribution in [0.25, 0.3) is 22.2 Å². The van der Waals surface area contributed by atoms with Gasteiger partial charge in [0.1, 0.15) is 0 Å². The van der Waals surface area contributed by atoms with E-state index in [1.165, 1.54) is 17.6 Å². The van der Waals surface area contributed by atoms with Crippen LogP contribution in [0.15, 0.2) is 45.1 Å². The van der Waals surface area contributed by atoms with Crippen molar-refractivity contribution in [3.8, 4) is 22.2 Å². The average molecular weight is 364 g/mol. The maximum absolute atomic E-state index is 11.5. The molecule has 0 unspecified atom stereocenters. The fourth-order valence-electron chi connectivity index (χ4n) is 2.04. The quantitative estimate of drug-likeness (QED) is 0.667. The van der Waals surface area contributed by atoms with Crippen LogP contribution in [0.2, 0.25) is 0 Å². The second-order valence-electron chi connectivity index (χ2n) is 5.18. The maximum Gasteiger partial charge on any atom is 0.268 e. The fraction of sp³-hybridized carbons (Fsp3) is 0.250. The molecule has 0 saturated heterocycles. The van der Waals surface area contributed by atoms with Crippen molar-refractivity contribution >= 4 is 21.2 Å². The Morgan fingerprint density at radius 2 is 2.00 bits per heavy atom. The van der Waals surface area contributed by atoms with E-state index in [2.05, 4.69) is 10.1 Å². The molecule has 0 aliphatic heterocycles. The van der Waals surface area contributed by atoms with E-state index < -0.39 is 9.84 Å². The third kappa shape index (κ3) is 3.72. The Morgan fingerprint density at radius 3 is 2.62 bits per heavy atom. The van der Waals surface area contributed by atoms with Gasteiger partial charge < -0.3 is 9.26 Å². The molecule has 8 heteroatoms. The molecule has 0 fully saturated rings. The number of nitrogens with zero attached hydrogens (tertiary/aromatic N) is 2. The van der Waals surface area contributed by atoms with Gasteiger partial charge in [-0.25, -0.2) is 8.42 Å². The van der Waals surface area contributed by atoms with Gasteiger partial charge in [-0.3, -0.25) is 0 Å². The Hall–Kier alpha value is -2.03. The predicted molar refractivity (Wildman–Crippen MR) is 91.5 cm³/mol. The molecule has 3 aromatic rings. The summed E-state index contributed by atoms with van der Waals surface area (Å²) in [5, 5.41) is 5.53. The molecule has 0 saturated carbocycles. The number of sulfone groups is 1. The predicted octanol–water partition coefficient (Wildman–Crippen LogP) is 3.41. The maximum atomic E-state index is 11.5. The van der Waals surface area contributed by atoms with Gasteiger partial charge in [-0.2, -0.15) is 4.98 Å². The Kier molecular flexibility index (Phi) is 4.79. The van der Waals surface area contributed by atoms with Gasteiger partial charge in [0.05, 0.1) is 16.4 Å². The van der Waals surface area contributed by atoms with Crippen LogP contribution in [0.4, 0.5) is 0 Å². The minimum atomic E-state index is -3.24. The first-order valence-electron chi connectivity index (χ1n) is 7.27. The number of ether oxygens (including phenoxy) is 1. The van der Waals surface area contributed by atoms with Crippen molar-refractivity contribution in [2.75, 3.05) is 12.9 Å². The SMILES string of the molecule is CCOCc1ccc(-c2noc(-c3cc(S(C)(=O)=O)cs3)n2)cc1. The van der Waals surface area contributed by atoms with E-state index in [9.17, 15) is 8.42 Å². The standard InChI is InChI=1S/C16H16N2O4S2/c1-3-21-9-11-4-6-12(7-5-11)15-17-16(22-18-15)14-8-13(10-23-14)24(2,19)20/h4-8,10H,3,9H2,1-2H3. The van der Waals surface area contributed by atoms with Crippen molar-refractivity contribution in [3.05, 3.63) is 41.3 Å². The van der Waals surface area contributed by atoms with Crippen LogP contribution in [0, 0.1) is 0 Å². The molecule has 0 bridgehead atoms. The summed E-state index contributed by atoms with van der Waals surface area (Å²) in [6, 6.07) is 9.25. The van der Waals surface area contributed by atoms with E-state index in [4.69, 9.17) is 9.26 Å². The van der Waals surface area contributed by atoms with Crippen molar-refractivity contribution in [2.24, 2.45) is 0 Å². The number of aromatic nitrogens is 2. The largest absolute Gasteiger partial charge is 0.377 e. The van der Waals surface area contributed by atoms with Crippen molar-refractivity contribution in [1.29, 1.82) is 0 Å². The highest BCUT2D eigenvalue weighted by atomic mass is 32.2. The van der Waals surface area contributed by atoms with Crippen molar-refractivity contribution in [2.45, 2.75) is 18.4 Å². The van der Waals surface area contributed by atoms with Crippen LogP contribution in [-0.2, 0) is 21.2 Å². The van der Waals surface area contributed by atoms with Gasteiger partial charge >= 0.3 is 0 Å². The first-order valence-corrected chi connectivity index (χ1v) is 10.0. The number of thiophene rings is 1. The average Bonchev–Trinajstić information content (AvgIpc) is 3.21. The van der Waals surface area contributed by atoms with Crippen LogP contribution >= 0.6 is 11.3 Å². The molecule has 0 amide bonds. The molecule has 6 nitrogen and oxygen atoms in total. The summed E-state index contributed by atoms with van der Waals surface area (Å²) in [4.78, 5) is 5.22. The molecule has 3 rings (SSSR count). The van der Waals surface area contributed by atoms with E-state index >= 15 is 0 Å². The molecule has 2 heterocycles. The van der Waals surface area contributed by atoms with E-state index in [1.54, 1.807) is 11.4 Å². The molecule has 0 N–H and O–H groups in total. The monoisotopic (exact) mass is 364 g/mol. The first-order chi connectivity index (χ1) is 11.5. The lowest BCUT2D eigenvalue weighted by Gasteiger charge is -2.01. The fourth-order valence-corrected chi connectivity index (χ4v) is 3.98. The summed E-state index contributed by atoms with van der Waals surface area (Å²) in [7, 11) is -3.24. The van der Waals surface area contributed by atoms with Gasteiger partial charge in [0, 0.05) is 23.8 Å². The summed E-state index contributed by atoms with van der Waals surface area (Å²) >= 11 is 1.26. The van der Waals surface area contributed by atoms with Crippen LogP contribution in [0.3, 0.4) is 0 Å². The normalized spacial score (nSPS) is 11.8. The summed E-state index contributed by atoms with van der Waals surface area (Å²) in [6.07, 6.45) is 1.17. The van der Waals surface area contributed by atoms with Gasteiger partial charge in [-0.05, 0) is 18.6 Å². The summed E-state index contributed by atoms with van der Waals surface area (Å²) in [5.41, 5.74) is 1.89. The zero-order valence-electron chi connectivity index (χ0n) is 13.2. The summed E-state index contributed by atoms with van der Waals surface area (Å²) in [5.74, 6) is 0.769. The van der Waals surface area contributed by atoms with E-state index in [1.807, 2.05) is 31.2 Å². The molecule has 2 aromatic heterocycles. The number of hydrogen-bond acceptors (Lipinski definition) is 7. The Bertz CT molecular complexity index is 927. The lowest BCUT2D eigenvalue weighted by molar-refractivity contribution is 0.134. The molecule has 0 aliphatic carbocycles. The Balaban J connectivity index is 1.81. The lowest BCUT2D eigenvalue weighted by Crippen LogP contribution is -1.93. The zero-order chi connectivity index (χ0) is 17.2. The third-order valence-electron chi connectivity index (χ3n) is 3.33. The van der Waals surface area contributed by atoms with Crippen LogP contribution in [0.1, 0.15) is 12.5 Å². The molecule has 0 atom stereocenters. The molecule has 126 valence electrons. The number of hydrogen-bond donors (Lipinski definition) is 0. The highest BCUT2D eigenvalue weighted by Crippen LogP contribution is 2.29. The van der Waals surface area contributed by atoms with Gasteiger partial charge in [0.2, 0.25) is 5.82 Å². The van der Waals surface area contributed by atoms with E-state index in [-0.39, 0.29) is 4.90 Å². The first kappa shape index (κ1) is 16.8. The lowest BCUT2D eigenvalue weighted by atomic mass is 10.1. The van der Waals surface area contributed by atoms with Crippen molar-refractivity contribution < 1.29 is 17.7 Å².